The van der Waals surface area contributed by atoms with Gasteiger partial charge in [0.2, 0.25) is 5.91 Å². The van der Waals surface area contributed by atoms with Crippen molar-refractivity contribution in [3.63, 3.8) is 0 Å². The standard InChI is InChI=1S/C40H39Cl2FN8O/c1-20-27-16-32(31-15-25(18-49(31)40(52)22-10-11-22)50-19-46-39(48-50)21-5-2-6-21)51(37-24-14-30(37)45-17-24)38(27)28-13-23(7-4-12-44)33(35(43)36(28)47-20)26-8-3-9-29(41)34(26)42/h3,8-9,13,16,19,21-22,24-25,30-31,37,45H,2,4-7,10-11,14-15,17-18H2,1H3. The van der Waals surface area contributed by atoms with Crippen molar-refractivity contribution >= 4 is 50.9 Å². The van der Waals surface area contributed by atoms with Crippen molar-refractivity contribution in [3.8, 4) is 17.2 Å². The number of halogens is 3. The number of hydrogen-bond acceptors (Lipinski definition) is 6. The summed E-state index contributed by atoms with van der Waals surface area (Å²) in [6.07, 6.45) is 9.58. The maximum Gasteiger partial charge on any atom is 0.226 e. The summed E-state index contributed by atoms with van der Waals surface area (Å²) in [6, 6.07) is 12.0. The summed E-state index contributed by atoms with van der Waals surface area (Å²) in [6.45, 7) is 3.45. The Morgan fingerprint density at radius 1 is 1.13 bits per heavy atom. The van der Waals surface area contributed by atoms with Crippen LogP contribution in [0.4, 0.5) is 4.39 Å². The van der Waals surface area contributed by atoms with E-state index in [4.69, 9.17) is 38.3 Å². The molecule has 6 aliphatic rings. The first kappa shape index (κ1) is 32.6. The molecule has 3 saturated heterocycles. The SMILES string of the molecule is Cc1nc2c(F)c(-c3cccc(Cl)c3Cl)c(CCC#N)cc2c2c1cc(C1CC(n3cnc(C4CCC4)n3)CN1C(=O)C1CC1)n2C1C2CNC1C2. The van der Waals surface area contributed by atoms with E-state index in [1.54, 1.807) is 18.2 Å². The van der Waals surface area contributed by atoms with Crippen molar-refractivity contribution in [3.05, 3.63) is 75.3 Å². The number of hydrogen-bond donors (Lipinski definition) is 1. The van der Waals surface area contributed by atoms with E-state index in [1.165, 1.54) is 6.42 Å². The number of likely N-dealkylation sites (tertiary alicyclic amines) is 1. The van der Waals surface area contributed by atoms with Crippen LogP contribution in [-0.2, 0) is 11.2 Å². The van der Waals surface area contributed by atoms with Crippen molar-refractivity contribution in [2.24, 2.45) is 11.8 Å². The van der Waals surface area contributed by atoms with Crippen molar-refractivity contribution < 1.29 is 9.18 Å². The van der Waals surface area contributed by atoms with Gasteiger partial charge in [-0.25, -0.2) is 19.0 Å². The molecule has 6 heterocycles. The second-order valence-corrected chi connectivity index (χ2v) is 16.4. The minimum Gasteiger partial charge on any atom is -0.337 e. The topological polar surface area (TPSA) is 105 Å². The second kappa shape index (κ2) is 12.3. The number of carbonyl (C=O) groups is 1. The van der Waals surface area contributed by atoms with Crippen LogP contribution in [0.1, 0.15) is 98.2 Å². The van der Waals surface area contributed by atoms with Gasteiger partial charge < -0.3 is 14.8 Å². The fraction of sp³-hybridized carbons (Fsp3) is 0.475. The molecule has 266 valence electrons. The Morgan fingerprint density at radius 3 is 2.69 bits per heavy atom. The van der Waals surface area contributed by atoms with E-state index in [1.807, 2.05) is 24.0 Å². The first-order valence-electron chi connectivity index (χ1n) is 18.7. The molecule has 5 atom stereocenters. The molecule has 3 aliphatic carbocycles. The normalized spacial score (nSPS) is 25.5. The summed E-state index contributed by atoms with van der Waals surface area (Å²) in [4.78, 5) is 25.9. The number of aryl methyl sites for hydroxylation is 2. The summed E-state index contributed by atoms with van der Waals surface area (Å²) >= 11 is 13.1. The molecule has 6 fully saturated rings. The summed E-state index contributed by atoms with van der Waals surface area (Å²) in [5, 5.41) is 20.6. The largest absolute Gasteiger partial charge is 0.337 e. The van der Waals surface area contributed by atoms with Crippen molar-refractivity contribution in [2.75, 3.05) is 13.1 Å². The highest BCUT2D eigenvalue weighted by Gasteiger charge is 2.51. The highest BCUT2D eigenvalue weighted by molar-refractivity contribution is 6.43. The maximum atomic E-state index is 17.2. The third kappa shape index (κ3) is 4.95. The Bertz CT molecular complexity index is 2320. The van der Waals surface area contributed by atoms with E-state index in [0.717, 1.165) is 73.2 Å². The molecule has 12 heteroatoms. The zero-order valence-corrected chi connectivity index (χ0v) is 30.5. The summed E-state index contributed by atoms with van der Waals surface area (Å²) < 4.78 is 21.7. The van der Waals surface area contributed by atoms with E-state index in [-0.39, 0.29) is 46.9 Å². The number of amides is 1. The van der Waals surface area contributed by atoms with Crippen molar-refractivity contribution in [2.45, 2.75) is 94.8 Å². The molecule has 1 amide bonds. The Balaban J connectivity index is 1.18. The van der Waals surface area contributed by atoms with Gasteiger partial charge in [0.05, 0.1) is 39.8 Å². The van der Waals surface area contributed by atoms with Crippen LogP contribution < -0.4 is 5.32 Å². The van der Waals surface area contributed by atoms with Crippen LogP contribution in [0.2, 0.25) is 10.0 Å². The third-order valence-electron chi connectivity index (χ3n) is 12.6. The van der Waals surface area contributed by atoms with Gasteiger partial charge in [0.25, 0.3) is 0 Å². The number of benzene rings is 2. The smallest absolute Gasteiger partial charge is 0.226 e. The molecule has 52 heavy (non-hydrogen) atoms. The van der Waals surface area contributed by atoms with Gasteiger partial charge in [0, 0.05) is 70.7 Å². The minimum absolute atomic E-state index is 0.00715. The lowest BCUT2D eigenvalue weighted by Gasteiger charge is -2.39. The quantitative estimate of drug-likeness (QED) is 0.172. The maximum absolute atomic E-state index is 17.2. The predicted molar refractivity (Wildman–Crippen MR) is 198 cm³/mol. The summed E-state index contributed by atoms with van der Waals surface area (Å²) in [5.41, 5.74) is 4.52. The van der Waals surface area contributed by atoms with Gasteiger partial charge in [-0.15, -0.1) is 0 Å². The number of nitriles is 1. The fourth-order valence-electron chi connectivity index (χ4n) is 9.51. The van der Waals surface area contributed by atoms with E-state index in [2.05, 4.69) is 26.9 Å². The van der Waals surface area contributed by atoms with Crippen LogP contribution in [0.25, 0.3) is 32.9 Å². The number of pyridine rings is 1. The van der Waals surface area contributed by atoms with Gasteiger partial charge in [0.1, 0.15) is 11.8 Å². The summed E-state index contributed by atoms with van der Waals surface area (Å²) in [7, 11) is 0. The molecule has 3 saturated carbocycles. The monoisotopic (exact) mass is 736 g/mol. The lowest BCUT2D eigenvalue weighted by Crippen LogP contribution is -2.41. The molecular weight excluding hydrogens is 698 g/mol. The molecule has 11 rings (SSSR count). The lowest BCUT2D eigenvalue weighted by molar-refractivity contribution is -0.133. The first-order valence-corrected chi connectivity index (χ1v) is 19.5. The van der Waals surface area contributed by atoms with E-state index in [9.17, 15) is 10.1 Å². The number of fused-ring (bicyclic) bond motifs is 4. The van der Waals surface area contributed by atoms with Gasteiger partial charge in [-0.3, -0.25) is 4.79 Å². The van der Waals surface area contributed by atoms with Crippen molar-refractivity contribution in [1.29, 1.82) is 5.26 Å². The van der Waals surface area contributed by atoms with Gasteiger partial charge in [-0.2, -0.15) is 10.4 Å². The Hall–Kier alpha value is -4.04. The molecule has 1 N–H and O–H groups in total. The fourth-order valence-corrected chi connectivity index (χ4v) is 9.91. The van der Waals surface area contributed by atoms with Gasteiger partial charge in [-0.1, -0.05) is 41.8 Å². The highest BCUT2D eigenvalue weighted by atomic mass is 35.5. The van der Waals surface area contributed by atoms with E-state index in [0.29, 0.717) is 57.9 Å². The van der Waals surface area contributed by atoms with E-state index >= 15 is 4.39 Å². The highest BCUT2D eigenvalue weighted by Crippen LogP contribution is 2.52. The Labute approximate surface area is 311 Å². The van der Waals surface area contributed by atoms with Crippen LogP contribution in [0.15, 0.2) is 36.7 Å². The molecule has 2 bridgehead atoms. The number of nitrogens with zero attached hydrogens (tertiary/aromatic N) is 7. The van der Waals surface area contributed by atoms with E-state index < -0.39 is 5.82 Å². The second-order valence-electron chi connectivity index (χ2n) is 15.7. The molecule has 0 radical (unpaired) electrons. The zero-order valence-electron chi connectivity index (χ0n) is 29.0. The predicted octanol–water partition coefficient (Wildman–Crippen LogP) is 8.38. The van der Waals surface area contributed by atoms with Gasteiger partial charge in [0.15, 0.2) is 11.6 Å². The Kier molecular flexibility index (Phi) is 7.68. The molecular formula is C40H39Cl2FN8O. The molecule has 5 aromatic rings. The molecule has 5 unspecified atom stereocenters. The molecule has 3 aromatic heterocycles. The number of nitrogens with one attached hydrogen (secondary N) is 1. The van der Waals surface area contributed by atoms with Gasteiger partial charge in [-0.05, 0) is 81.5 Å². The molecule has 3 aliphatic heterocycles. The first-order chi connectivity index (χ1) is 25.3. The van der Waals surface area contributed by atoms with Crippen LogP contribution in [-0.4, -0.2) is 54.3 Å². The Morgan fingerprint density at radius 2 is 1.98 bits per heavy atom. The molecule has 0 spiro atoms. The van der Waals surface area contributed by atoms with Crippen LogP contribution in [0.5, 0.6) is 0 Å². The van der Waals surface area contributed by atoms with Crippen molar-refractivity contribution in [1.82, 2.24) is 34.5 Å². The average Bonchev–Trinajstić information content (AvgIpc) is 3.59. The minimum atomic E-state index is -0.469. The molecule has 9 nitrogen and oxygen atoms in total. The molecule has 2 aromatic carbocycles. The van der Waals surface area contributed by atoms with Crippen LogP contribution in [0.3, 0.4) is 0 Å². The summed E-state index contributed by atoms with van der Waals surface area (Å²) in [5.74, 6) is 1.60. The van der Waals surface area contributed by atoms with Gasteiger partial charge >= 0.3 is 0 Å². The van der Waals surface area contributed by atoms with Crippen LogP contribution >= 0.6 is 23.2 Å². The van der Waals surface area contributed by atoms with Crippen LogP contribution in [0, 0.1) is 35.9 Å². The average molecular weight is 738 g/mol. The third-order valence-corrected chi connectivity index (χ3v) is 13.5. The lowest BCUT2D eigenvalue weighted by atomic mass is 9.79. The number of aromatic nitrogens is 5. The number of carbonyl (C=O) groups excluding carboxylic acids is 1. The number of rotatable bonds is 8. The zero-order chi connectivity index (χ0) is 35.4.